The zero-order valence-electron chi connectivity index (χ0n) is 9.21. The highest BCUT2D eigenvalue weighted by Crippen LogP contribution is 2.37. The van der Waals surface area contributed by atoms with Gasteiger partial charge in [0.1, 0.15) is 4.32 Å². The van der Waals surface area contributed by atoms with Gasteiger partial charge in [-0.25, -0.2) is 0 Å². The molecule has 0 N–H and O–H groups in total. The molecule has 4 heteroatoms. The van der Waals surface area contributed by atoms with Crippen molar-refractivity contribution in [1.29, 1.82) is 0 Å². The normalized spacial score (nSPS) is 18.4. The fourth-order valence-corrected chi connectivity index (χ4v) is 3.67. The van der Waals surface area contributed by atoms with Gasteiger partial charge in [-0.3, -0.25) is 0 Å². The van der Waals surface area contributed by atoms with Gasteiger partial charge < -0.3 is 4.90 Å². The Hall–Kier alpha value is 0.590. The first-order valence-electron chi connectivity index (χ1n) is 5.14. The van der Waals surface area contributed by atoms with Crippen LogP contribution in [0.5, 0.6) is 0 Å². The maximum Gasteiger partial charge on any atom is 0.147 e. The molecule has 0 aromatic rings. The van der Waals surface area contributed by atoms with Gasteiger partial charge in [0.15, 0.2) is 0 Å². The number of rotatable bonds is 1. The van der Waals surface area contributed by atoms with Crippen LogP contribution >= 0.6 is 33.8 Å². The lowest BCUT2D eigenvalue weighted by Crippen LogP contribution is -2.32. The van der Waals surface area contributed by atoms with Gasteiger partial charge in [-0.1, -0.05) is 43.8 Å². The summed E-state index contributed by atoms with van der Waals surface area (Å²) in [6, 6.07) is 0. The van der Waals surface area contributed by atoms with E-state index in [1.54, 1.807) is 10.8 Å². The van der Waals surface area contributed by atoms with E-state index in [9.17, 15) is 0 Å². The Bertz CT molecular complexity index is 192. The maximum absolute atomic E-state index is 5.41. The average molecular weight is 249 g/mol. The van der Waals surface area contributed by atoms with E-state index < -0.39 is 0 Å². The third-order valence-electron chi connectivity index (χ3n) is 1.98. The van der Waals surface area contributed by atoms with Gasteiger partial charge >= 0.3 is 0 Å². The minimum absolute atomic E-state index is 0.296. The Labute approximate surface area is 101 Å². The molecular formula is C10H19NS3. The van der Waals surface area contributed by atoms with Crippen LogP contribution in [0.25, 0.3) is 0 Å². The summed E-state index contributed by atoms with van der Waals surface area (Å²) in [5.41, 5.74) is 0. The summed E-state index contributed by atoms with van der Waals surface area (Å²) in [5.74, 6) is 0. The first-order valence-corrected chi connectivity index (χ1v) is 7.69. The Morgan fingerprint density at radius 3 is 2.21 bits per heavy atom. The Morgan fingerprint density at radius 1 is 1.14 bits per heavy atom. The van der Waals surface area contributed by atoms with Gasteiger partial charge in [0.05, 0.1) is 0 Å². The molecule has 0 radical (unpaired) electrons. The zero-order chi connectivity index (χ0) is 10.6. The van der Waals surface area contributed by atoms with Crippen LogP contribution in [-0.4, -0.2) is 27.1 Å². The Morgan fingerprint density at radius 2 is 1.71 bits per heavy atom. The van der Waals surface area contributed by atoms with Gasteiger partial charge in [0.25, 0.3) is 0 Å². The molecule has 1 rings (SSSR count). The second kappa shape index (κ2) is 5.61. The largest absolute Gasteiger partial charge is 0.357 e. The second-order valence-corrected chi connectivity index (χ2v) is 8.18. The predicted octanol–water partition coefficient (Wildman–Crippen LogP) is 3.94. The molecule has 0 spiro atoms. The second-order valence-electron chi connectivity index (χ2n) is 4.59. The molecule has 1 aliphatic rings. The van der Waals surface area contributed by atoms with E-state index >= 15 is 0 Å². The summed E-state index contributed by atoms with van der Waals surface area (Å²) in [6.45, 7) is 9.00. The average Bonchev–Trinajstić information content (AvgIpc) is 2.14. The molecule has 1 saturated heterocycles. The van der Waals surface area contributed by atoms with E-state index in [1.165, 1.54) is 19.3 Å². The minimum atomic E-state index is 0.296. The first-order chi connectivity index (χ1) is 6.49. The van der Waals surface area contributed by atoms with Crippen LogP contribution in [0.1, 0.15) is 40.0 Å². The quantitative estimate of drug-likeness (QED) is 0.511. The number of hydrogen-bond acceptors (Lipinski definition) is 3. The standard InChI is InChI=1S/C10H19NS3/c1-10(2,3)14-13-9(12)11-7-5-4-6-8-11/h4-8H2,1-3H3. The van der Waals surface area contributed by atoms with Crippen molar-refractivity contribution in [3.8, 4) is 0 Å². The van der Waals surface area contributed by atoms with Crippen LogP contribution in [0.15, 0.2) is 0 Å². The van der Waals surface area contributed by atoms with Gasteiger partial charge in [0, 0.05) is 17.8 Å². The molecule has 0 unspecified atom stereocenters. The lowest BCUT2D eigenvalue weighted by Gasteiger charge is -2.29. The third-order valence-corrected chi connectivity index (χ3v) is 6.01. The fraction of sp³-hybridized carbons (Fsp3) is 0.900. The number of likely N-dealkylation sites (tertiary alicyclic amines) is 1. The highest BCUT2D eigenvalue weighted by molar-refractivity contribution is 8.84. The smallest absolute Gasteiger partial charge is 0.147 e. The van der Waals surface area contributed by atoms with E-state index in [1.807, 2.05) is 10.8 Å². The summed E-state index contributed by atoms with van der Waals surface area (Å²) >= 11 is 5.41. The third kappa shape index (κ3) is 4.89. The van der Waals surface area contributed by atoms with E-state index in [0.717, 1.165) is 17.4 Å². The van der Waals surface area contributed by atoms with Crippen molar-refractivity contribution in [1.82, 2.24) is 4.90 Å². The van der Waals surface area contributed by atoms with Crippen LogP contribution in [0.4, 0.5) is 0 Å². The molecule has 1 aliphatic heterocycles. The molecule has 0 atom stereocenters. The van der Waals surface area contributed by atoms with Crippen molar-refractivity contribution >= 4 is 38.1 Å². The van der Waals surface area contributed by atoms with Crippen LogP contribution in [-0.2, 0) is 0 Å². The van der Waals surface area contributed by atoms with Crippen molar-refractivity contribution in [3.05, 3.63) is 0 Å². The zero-order valence-corrected chi connectivity index (χ0v) is 11.7. The van der Waals surface area contributed by atoms with Crippen molar-refractivity contribution < 1.29 is 0 Å². The monoisotopic (exact) mass is 249 g/mol. The van der Waals surface area contributed by atoms with Crippen LogP contribution in [0, 0.1) is 0 Å². The highest BCUT2D eigenvalue weighted by Gasteiger charge is 2.17. The number of hydrogen-bond donors (Lipinski definition) is 0. The number of piperidine rings is 1. The minimum Gasteiger partial charge on any atom is -0.357 e. The van der Waals surface area contributed by atoms with E-state index in [2.05, 4.69) is 25.7 Å². The molecule has 1 fully saturated rings. The summed E-state index contributed by atoms with van der Waals surface area (Å²) in [5, 5.41) is 0. The molecule has 14 heavy (non-hydrogen) atoms. The highest BCUT2D eigenvalue weighted by atomic mass is 33.1. The fourth-order valence-electron chi connectivity index (χ4n) is 1.29. The molecule has 0 amide bonds. The van der Waals surface area contributed by atoms with Gasteiger partial charge in [-0.2, -0.15) is 0 Å². The summed E-state index contributed by atoms with van der Waals surface area (Å²) in [4.78, 5) is 2.35. The molecule has 0 aromatic carbocycles. The Balaban J connectivity index is 2.27. The summed E-state index contributed by atoms with van der Waals surface area (Å²) < 4.78 is 1.37. The molecule has 1 heterocycles. The lowest BCUT2D eigenvalue weighted by molar-refractivity contribution is 0.352. The van der Waals surface area contributed by atoms with Crippen LogP contribution in [0.3, 0.4) is 0 Å². The molecule has 82 valence electrons. The first kappa shape index (κ1) is 12.7. The van der Waals surface area contributed by atoms with Crippen molar-refractivity contribution in [2.24, 2.45) is 0 Å². The molecule has 0 aromatic heterocycles. The van der Waals surface area contributed by atoms with Gasteiger partial charge in [-0.05, 0) is 30.1 Å². The summed E-state index contributed by atoms with van der Waals surface area (Å²) in [6.07, 6.45) is 3.98. The number of nitrogens with zero attached hydrogens (tertiary/aromatic N) is 1. The van der Waals surface area contributed by atoms with Crippen molar-refractivity contribution in [2.45, 2.75) is 44.8 Å². The Kier molecular flexibility index (Phi) is 5.08. The van der Waals surface area contributed by atoms with Crippen molar-refractivity contribution in [3.63, 3.8) is 0 Å². The molecule has 0 aliphatic carbocycles. The SMILES string of the molecule is CC(C)(C)SSC(=S)N1CCCCC1. The predicted molar refractivity (Wildman–Crippen MR) is 73.0 cm³/mol. The molecule has 1 nitrogen and oxygen atoms in total. The maximum atomic E-state index is 5.41. The molecular weight excluding hydrogens is 230 g/mol. The van der Waals surface area contributed by atoms with E-state index in [0.29, 0.717) is 4.75 Å². The lowest BCUT2D eigenvalue weighted by atomic mass is 10.1. The van der Waals surface area contributed by atoms with Crippen LogP contribution in [0.2, 0.25) is 0 Å². The van der Waals surface area contributed by atoms with E-state index in [4.69, 9.17) is 12.2 Å². The van der Waals surface area contributed by atoms with Gasteiger partial charge in [-0.15, -0.1) is 0 Å². The van der Waals surface area contributed by atoms with Gasteiger partial charge in [0.2, 0.25) is 0 Å². The van der Waals surface area contributed by atoms with Crippen molar-refractivity contribution in [2.75, 3.05) is 13.1 Å². The molecule has 0 bridgehead atoms. The van der Waals surface area contributed by atoms with Crippen LogP contribution < -0.4 is 0 Å². The van der Waals surface area contributed by atoms with E-state index in [-0.39, 0.29) is 0 Å². The topological polar surface area (TPSA) is 3.24 Å². The molecule has 0 saturated carbocycles. The summed E-state index contributed by atoms with van der Waals surface area (Å²) in [7, 11) is 3.63. The number of thiocarbonyl (C=S) groups is 1.